The minimum atomic E-state index is -0.0334. The highest BCUT2D eigenvalue weighted by atomic mass is 32.2. The van der Waals surface area contributed by atoms with Gasteiger partial charge < -0.3 is 10.4 Å². The standard InChI is InChI=1S/C10H23NOS/c1-4-10(9-12,11-3)7-6-8-13-5-2/h11-12H,4-9H2,1-3H3. The van der Waals surface area contributed by atoms with Crippen molar-refractivity contribution in [3.05, 3.63) is 0 Å². The SMILES string of the molecule is CCSCCCC(CC)(CO)NC. The van der Waals surface area contributed by atoms with Crippen LogP contribution in [-0.2, 0) is 0 Å². The maximum Gasteiger partial charge on any atom is 0.0613 e. The molecule has 0 fully saturated rings. The second-order valence-corrected chi connectivity index (χ2v) is 4.74. The van der Waals surface area contributed by atoms with Crippen LogP contribution in [0.4, 0.5) is 0 Å². The molecule has 0 rings (SSSR count). The highest BCUT2D eigenvalue weighted by molar-refractivity contribution is 7.99. The van der Waals surface area contributed by atoms with E-state index in [1.807, 2.05) is 18.8 Å². The van der Waals surface area contributed by atoms with Gasteiger partial charge in [-0.3, -0.25) is 0 Å². The summed E-state index contributed by atoms with van der Waals surface area (Å²) in [5, 5.41) is 12.5. The van der Waals surface area contributed by atoms with Crippen molar-refractivity contribution in [3.8, 4) is 0 Å². The lowest BCUT2D eigenvalue weighted by Gasteiger charge is -2.30. The molecule has 0 radical (unpaired) electrons. The van der Waals surface area contributed by atoms with Gasteiger partial charge in [0.05, 0.1) is 6.61 Å². The summed E-state index contributed by atoms with van der Waals surface area (Å²) in [4.78, 5) is 0. The Morgan fingerprint density at radius 1 is 1.38 bits per heavy atom. The van der Waals surface area contributed by atoms with E-state index in [1.165, 1.54) is 17.9 Å². The molecule has 0 bridgehead atoms. The zero-order chi connectivity index (χ0) is 10.2. The summed E-state index contributed by atoms with van der Waals surface area (Å²) in [6.07, 6.45) is 3.26. The average molecular weight is 205 g/mol. The van der Waals surface area contributed by atoms with Gasteiger partial charge >= 0.3 is 0 Å². The summed E-state index contributed by atoms with van der Waals surface area (Å²) in [5.74, 6) is 2.40. The number of hydrogen-bond donors (Lipinski definition) is 2. The van der Waals surface area contributed by atoms with Crippen LogP contribution in [-0.4, -0.2) is 35.8 Å². The van der Waals surface area contributed by atoms with Crippen LogP contribution in [0.3, 0.4) is 0 Å². The molecule has 0 aromatic heterocycles. The van der Waals surface area contributed by atoms with Gasteiger partial charge in [0, 0.05) is 5.54 Å². The number of rotatable bonds is 8. The fourth-order valence-corrected chi connectivity index (χ4v) is 2.04. The van der Waals surface area contributed by atoms with Crippen molar-refractivity contribution in [2.75, 3.05) is 25.2 Å². The molecule has 0 amide bonds. The molecule has 80 valence electrons. The fraction of sp³-hybridized carbons (Fsp3) is 1.00. The molecule has 1 unspecified atom stereocenters. The molecule has 0 saturated heterocycles. The third kappa shape index (κ3) is 4.89. The Morgan fingerprint density at radius 2 is 2.08 bits per heavy atom. The molecule has 0 spiro atoms. The Labute approximate surface area is 86.5 Å². The quantitative estimate of drug-likeness (QED) is 0.593. The van der Waals surface area contributed by atoms with Crippen molar-refractivity contribution in [1.82, 2.24) is 5.32 Å². The van der Waals surface area contributed by atoms with E-state index in [-0.39, 0.29) is 12.1 Å². The van der Waals surface area contributed by atoms with Gasteiger partial charge in [-0.1, -0.05) is 13.8 Å². The first-order valence-electron chi connectivity index (χ1n) is 5.12. The Balaban J connectivity index is 3.68. The predicted octanol–water partition coefficient (Wildman–Crippen LogP) is 1.88. The van der Waals surface area contributed by atoms with Crippen LogP contribution < -0.4 is 5.32 Å². The predicted molar refractivity (Wildman–Crippen MR) is 61.4 cm³/mol. The molecule has 0 saturated carbocycles. The van der Waals surface area contributed by atoms with Crippen LogP contribution in [0.2, 0.25) is 0 Å². The maximum atomic E-state index is 9.26. The smallest absolute Gasteiger partial charge is 0.0613 e. The monoisotopic (exact) mass is 205 g/mol. The Kier molecular flexibility index (Phi) is 7.81. The van der Waals surface area contributed by atoms with Gasteiger partial charge in [-0.15, -0.1) is 0 Å². The van der Waals surface area contributed by atoms with E-state index < -0.39 is 0 Å². The molecule has 3 heteroatoms. The van der Waals surface area contributed by atoms with E-state index in [0.717, 1.165) is 12.8 Å². The molecule has 2 nitrogen and oxygen atoms in total. The molecule has 13 heavy (non-hydrogen) atoms. The number of likely N-dealkylation sites (N-methyl/N-ethyl adjacent to an activating group) is 1. The lowest BCUT2D eigenvalue weighted by molar-refractivity contribution is 0.154. The second-order valence-electron chi connectivity index (χ2n) is 3.34. The number of hydrogen-bond acceptors (Lipinski definition) is 3. The third-order valence-electron chi connectivity index (χ3n) is 2.66. The number of thioether (sulfide) groups is 1. The van der Waals surface area contributed by atoms with Crippen molar-refractivity contribution < 1.29 is 5.11 Å². The van der Waals surface area contributed by atoms with E-state index in [4.69, 9.17) is 0 Å². The summed E-state index contributed by atoms with van der Waals surface area (Å²) < 4.78 is 0. The molecule has 2 N–H and O–H groups in total. The first-order chi connectivity index (χ1) is 6.24. The van der Waals surface area contributed by atoms with E-state index in [2.05, 4.69) is 19.2 Å². The molecular weight excluding hydrogens is 182 g/mol. The zero-order valence-electron chi connectivity index (χ0n) is 9.10. The summed E-state index contributed by atoms with van der Waals surface area (Å²) in [7, 11) is 1.94. The van der Waals surface area contributed by atoms with Crippen molar-refractivity contribution in [2.24, 2.45) is 0 Å². The van der Waals surface area contributed by atoms with Crippen LogP contribution in [0, 0.1) is 0 Å². The summed E-state index contributed by atoms with van der Waals surface area (Å²) in [5.41, 5.74) is -0.0334. The largest absolute Gasteiger partial charge is 0.394 e. The molecule has 0 aliphatic carbocycles. The summed E-state index contributed by atoms with van der Waals surface area (Å²) in [6, 6.07) is 0. The van der Waals surface area contributed by atoms with Crippen LogP contribution in [0.5, 0.6) is 0 Å². The van der Waals surface area contributed by atoms with Crippen LogP contribution in [0.25, 0.3) is 0 Å². The molecule has 0 aliphatic heterocycles. The van der Waals surface area contributed by atoms with E-state index in [0.29, 0.717) is 0 Å². The Morgan fingerprint density at radius 3 is 2.46 bits per heavy atom. The minimum Gasteiger partial charge on any atom is -0.394 e. The molecule has 0 aromatic carbocycles. The van der Waals surface area contributed by atoms with Gasteiger partial charge in [0.1, 0.15) is 0 Å². The van der Waals surface area contributed by atoms with Crippen LogP contribution in [0.1, 0.15) is 33.1 Å². The van der Waals surface area contributed by atoms with Gasteiger partial charge in [-0.25, -0.2) is 0 Å². The Bertz CT molecular complexity index is 107. The molecular formula is C10H23NOS. The van der Waals surface area contributed by atoms with Crippen molar-refractivity contribution in [2.45, 2.75) is 38.6 Å². The molecule has 1 atom stereocenters. The fourth-order valence-electron chi connectivity index (χ4n) is 1.41. The summed E-state index contributed by atoms with van der Waals surface area (Å²) in [6.45, 7) is 4.55. The van der Waals surface area contributed by atoms with Crippen molar-refractivity contribution in [3.63, 3.8) is 0 Å². The second kappa shape index (κ2) is 7.65. The lowest BCUT2D eigenvalue weighted by atomic mass is 9.92. The number of aliphatic hydroxyl groups excluding tert-OH is 1. The highest BCUT2D eigenvalue weighted by Crippen LogP contribution is 2.17. The first kappa shape index (κ1) is 13.3. The summed E-state index contributed by atoms with van der Waals surface area (Å²) >= 11 is 1.97. The minimum absolute atomic E-state index is 0.0334. The number of aliphatic hydroxyl groups is 1. The highest BCUT2D eigenvalue weighted by Gasteiger charge is 2.23. The maximum absolute atomic E-state index is 9.26. The molecule has 0 aromatic rings. The topological polar surface area (TPSA) is 32.3 Å². The van der Waals surface area contributed by atoms with Crippen LogP contribution in [0.15, 0.2) is 0 Å². The average Bonchev–Trinajstić information content (AvgIpc) is 2.20. The van der Waals surface area contributed by atoms with Gasteiger partial charge in [-0.05, 0) is 37.8 Å². The van der Waals surface area contributed by atoms with E-state index >= 15 is 0 Å². The third-order valence-corrected chi connectivity index (χ3v) is 3.64. The first-order valence-corrected chi connectivity index (χ1v) is 6.27. The zero-order valence-corrected chi connectivity index (χ0v) is 9.91. The van der Waals surface area contributed by atoms with Gasteiger partial charge in [0.25, 0.3) is 0 Å². The van der Waals surface area contributed by atoms with Crippen molar-refractivity contribution in [1.29, 1.82) is 0 Å². The normalized spacial score (nSPS) is 15.7. The van der Waals surface area contributed by atoms with Gasteiger partial charge in [-0.2, -0.15) is 11.8 Å². The molecule has 0 heterocycles. The van der Waals surface area contributed by atoms with E-state index in [9.17, 15) is 5.11 Å². The lowest BCUT2D eigenvalue weighted by Crippen LogP contribution is -2.45. The molecule has 0 aliphatic rings. The van der Waals surface area contributed by atoms with Crippen molar-refractivity contribution >= 4 is 11.8 Å². The van der Waals surface area contributed by atoms with Gasteiger partial charge in [0.15, 0.2) is 0 Å². The van der Waals surface area contributed by atoms with Crippen LogP contribution >= 0.6 is 11.8 Å². The van der Waals surface area contributed by atoms with E-state index in [1.54, 1.807) is 0 Å². The Hall–Kier alpha value is 0.270. The number of nitrogens with one attached hydrogen (secondary N) is 1. The van der Waals surface area contributed by atoms with Gasteiger partial charge in [0.2, 0.25) is 0 Å².